The predicted molar refractivity (Wildman–Crippen MR) is 61.4 cm³/mol. The average molecular weight is 279 g/mol. The van der Waals surface area contributed by atoms with Crippen LogP contribution in [0.15, 0.2) is 24.3 Å². The molecule has 0 spiro atoms. The number of rotatable bonds is 2. The van der Waals surface area contributed by atoms with Gasteiger partial charge in [0.2, 0.25) is 0 Å². The van der Waals surface area contributed by atoms with Gasteiger partial charge < -0.3 is 5.73 Å². The Morgan fingerprint density at radius 2 is 1.91 bits per heavy atom. The molecule has 0 bridgehead atoms. The Balaban J connectivity index is 2.66. The summed E-state index contributed by atoms with van der Waals surface area (Å²) in [5.74, 6) is 0. The maximum Gasteiger partial charge on any atom is 0.0314 e. The van der Waals surface area contributed by atoms with Crippen molar-refractivity contribution in [3.05, 3.63) is 29.8 Å². The van der Waals surface area contributed by atoms with Crippen molar-refractivity contribution in [2.75, 3.05) is 12.4 Å². The summed E-state index contributed by atoms with van der Waals surface area (Å²) in [5.41, 5.74) is 7.94. The summed E-state index contributed by atoms with van der Waals surface area (Å²) in [6, 6.07) is 8.13. The number of nitrogen functional groups attached to an aromatic ring is 1. The molecule has 0 aliphatic rings. The van der Waals surface area contributed by atoms with Gasteiger partial charge in [0.15, 0.2) is 0 Å². The molecule has 11 heavy (non-hydrogen) atoms. The lowest BCUT2D eigenvalue weighted by atomic mass is 10.2. The molecule has 1 aromatic rings. The minimum Gasteiger partial charge on any atom is -0.399 e. The maximum atomic E-state index is 5.56. The van der Waals surface area contributed by atoms with Crippen LogP contribution in [-0.4, -0.2) is 6.66 Å². The van der Waals surface area contributed by atoms with Gasteiger partial charge in [-0.2, -0.15) is 0 Å². The Hall–Kier alpha value is 0.180. The molecule has 1 atom stereocenters. The van der Waals surface area contributed by atoms with Crippen molar-refractivity contribution >= 4 is 33.3 Å². The summed E-state index contributed by atoms with van der Waals surface area (Å²) in [6.07, 6.45) is 1.19. The smallest absolute Gasteiger partial charge is 0.0314 e. The highest BCUT2D eigenvalue weighted by Gasteiger charge is 1.96. The molecule has 0 saturated carbocycles. The second-order valence-electron chi connectivity index (χ2n) is 2.50. The van der Waals surface area contributed by atoms with E-state index in [0.717, 1.165) is 5.69 Å². The van der Waals surface area contributed by atoms with E-state index in [1.807, 2.05) is 12.1 Å². The Labute approximate surface area is 81.6 Å². The number of anilines is 1. The highest BCUT2D eigenvalue weighted by Crippen LogP contribution is 2.43. The molecule has 1 rings (SSSR count). The van der Waals surface area contributed by atoms with E-state index in [2.05, 4.69) is 40.8 Å². The van der Waals surface area contributed by atoms with Gasteiger partial charge in [-0.1, -0.05) is 34.2 Å². The van der Waals surface area contributed by atoms with Gasteiger partial charge in [0.05, 0.1) is 0 Å². The summed E-state index contributed by atoms with van der Waals surface area (Å²) >= 11 is 2.49. The number of hydrogen-bond donors (Lipinski definition) is 1. The molecule has 0 aromatic heterocycles. The van der Waals surface area contributed by atoms with Gasteiger partial charge in [0, 0.05) is 11.8 Å². The second-order valence-corrected chi connectivity index (χ2v) is 8.97. The molecule has 0 saturated heterocycles. The largest absolute Gasteiger partial charge is 0.399 e. The molecular weight excluding hydrogens is 268 g/mol. The third-order valence-electron chi connectivity index (χ3n) is 1.38. The van der Waals surface area contributed by atoms with Gasteiger partial charge in [-0.25, -0.2) is 0 Å². The fraction of sp³-hybridized carbons (Fsp3) is 0.250. The zero-order valence-corrected chi connectivity index (χ0v) is 9.47. The second kappa shape index (κ2) is 4.27. The van der Waals surface area contributed by atoms with Crippen molar-refractivity contribution in [3.63, 3.8) is 0 Å². The number of halogens is 1. The molecular formula is C8H11INP. The van der Waals surface area contributed by atoms with Gasteiger partial charge >= 0.3 is 0 Å². The van der Waals surface area contributed by atoms with Crippen LogP contribution in [-0.2, 0) is 6.16 Å². The van der Waals surface area contributed by atoms with Crippen LogP contribution in [0.1, 0.15) is 5.56 Å². The molecule has 0 heterocycles. The lowest BCUT2D eigenvalue weighted by molar-refractivity contribution is 1.41. The molecule has 2 N–H and O–H groups in total. The van der Waals surface area contributed by atoms with Crippen molar-refractivity contribution in [2.24, 2.45) is 0 Å². The molecule has 1 aromatic carbocycles. The van der Waals surface area contributed by atoms with Crippen LogP contribution < -0.4 is 5.73 Å². The highest BCUT2D eigenvalue weighted by molar-refractivity contribution is 14.2. The van der Waals surface area contributed by atoms with Crippen LogP contribution in [0, 0.1) is 0 Å². The lowest BCUT2D eigenvalue weighted by Gasteiger charge is -2.03. The number of benzene rings is 1. The monoisotopic (exact) mass is 279 g/mol. The van der Waals surface area contributed by atoms with Crippen LogP contribution in [0.5, 0.6) is 0 Å². The van der Waals surface area contributed by atoms with E-state index in [1.54, 1.807) is 0 Å². The predicted octanol–water partition coefficient (Wildman–Crippen LogP) is 3.23. The Kier molecular flexibility index (Phi) is 3.60. The van der Waals surface area contributed by atoms with Crippen molar-refractivity contribution in [3.8, 4) is 0 Å². The average Bonchev–Trinajstić information content (AvgIpc) is 1.93. The summed E-state index contributed by atoms with van der Waals surface area (Å²) in [7, 11) is 0. The maximum absolute atomic E-state index is 5.56. The molecule has 0 amide bonds. The summed E-state index contributed by atoms with van der Waals surface area (Å²) < 4.78 is 0. The van der Waals surface area contributed by atoms with Crippen molar-refractivity contribution < 1.29 is 0 Å². The van der Waals surface area contributed by atoms with Crippen molar-refractivity contribution in [1.82, 2.24) is 0 Å². The summed E-state index contributed by atoms with van der Waals surface area (Å²) in [6.45, 7) is 2.27. The third kappa shape index (κ3) is 3.39. The molecule has 1 nitrogen and oxygen atoms in total. The minimum atomic E-state index is 0.143. The van der Waals surface area contributed by atoms with Gasteiger partial charge in [0.25, 0.3) is 0 Å². The number of hydrogen-bond acceptors (Lipinski definition) is 1. The first-order chi connectivity index (χ1) is 5.18. The van der Waals surface area contributed by atoms with Crippen LogP contribution >= 0.6 is 27.6 Å². The van der Waals surface area contributed by atoms with Gasteiger partial charge in [-0.05, 0) is 29.9 Å². The fourth-order valence-corrected chi connectivity index (χ4v) is 2.77. The summed E-state index contributed by atoms with van der Waals surface area (Å²) in [4.78, 5) is 0. The zero-order valence-electron chi connectivity index (χ0n) is 6.42. The number of nitrogens with two attached hydrogens (primary N) is 1. The van der Waals surface area contributed by atoms with Crippen LogP contribution in [0.3, 0.4) is 0 Å². The molecule has 1 unspecified atom stereocenters. The van der Waals surface area contributed by atoms with E-state index in [9.17, 15) is 0 Å². The van der Waals surface area contributed by atoms with E-state index in [-0.39, 0.29) is 5.56 Å². The normalized spacial score (nSPS) is 12.9. The first-order valence-corrected chi connectivity index (χ1v) is 8.16. The lowest BCUT2D eigenvalue weighted by Crippen LogP contribution is -1.85. The van der Waals surface area contributed by atoms with Crippen molar-refractivity contribution in [2.45, 2.75) is 6.16 Å². The minimum absolute atomic E-state index is 0.143. The van der Waals surface area contributed by atoms with E-state index in [1.165, 1.54) is 11.7 Å². The third-order valence-corrected chi connectivity index (χ3v) is 3.20. The zero-order chi connectivity index (χ0) is 8.27. The van der Waals surface area contributed by atoms with Gasteiger partial charge in [-0.15, -0.1) is 0 Å². The van der Waals surface area contributed by atoms with Crippen LogP contribution in [0.2, 0.25) is 0 Å². The van der Waals surface area contributed by atoms with E-state index < -0.39 is 0 Å². The van der Waals surface area contributed by atoms with E-state index in [4.69, 9.17) is 5.73 Å². The van der Waals surface area contributed by atoms with Crippen LogP contribution in [0.25, 0.3) is 0 Å². The molecule has 3 heteroatoms. The molecule has 0 fully saturated rings. The van der Waals surface area contributed by atoms with E-state index in [0.29, 0.717) is 0 Å². The van der Waals surface area contributed by atoms with Gasteiger partial charge in [0.1, 0.15) is 0 Å². The van der Waals surface area contributed by atoms with Crippen molar-refractivity contribution in [1.29, 1.82) is 0 Å². The van der Waals surface area contributed by atoms with Gasteiger partial charge in [-0.3, -0.25) is 0 Å². The Bertz CT molecular complexity index is 220. The van der Waals surface area contributed by atoms with Crippen LogP contribution in [0.4, 0.5) is 5.69 Å². The molecule has 0 aliphatic heterocycles. The first kappa shape index (κ1) is 9.27. The SMILES string of the molecule is CP(I)Cc1ccc(N)cc1. The Morgan fingerprint density at radius 3 is 2.36 bits per heavy atom. The topological polar surface area (TPSA) is 26.0 Å². The highest BCUT2D eigenvalue weighted by atomic mass is 127. The molecule has 60 valence electrons. The quantitative estimate of drug-likeness (QED) is 0.502. The standard InChI is InChI=1S/C8H11INP/c1-11(9)6-7-2-4-8(10)5-3-7/h2-5H,6,10H2,1H3. The molecule has 0 aliphatic carbocycles. The molecule has 0 radical (unpaired) electrons. The van der Waals surface area contributed by atoms with E-state index >= 15 is 0 Å². The fourth-order valence-electron chi connectivity index (χ4n) is 0.875. The Morgan fingerprint density at radius 1 is 1.36 bits per heavy atom. The first-order valence-electron chi connectivity index (χ1n) is 3.40. The summed E-state index contributed by atoms with van der Waals surface area (Å²) in [5, 5.41) is 0.